The van der Waals surface area contributed by atoms with Gasteiger partial charge in [-0.25, -0.2) is 4.98 Å². The molecule has 0 amide bonds. The third kappa shape index (κ3) is 2.96. The molecule has 1 aliphatic rings. The number of aliphatic hydroxyl groups excluding tert-OH is 1. The van der Waals surface area contributed by atoms with E-state index >= 15 is 0 Å². The van der Waals surface area contributed by atoms with E-state index in [4.69, 9.17) is 0 Å². The Morgan fingerprint density at radius 1 is 1.32 bits per heavy atom. The van der Waals surface area contributed by atoms with Gasteiger partial charge in [0.2, 0.25) is 0 Å². The fraction of sp³-hybridized carbons (Fsp3) is 0.533. The lowest BCUT2D eigenvalue weighted by molar-refractivity contribution is 0.108. The number of nitrogens with one attached hydrogen (secondary N) is 2. The van der Waals surface area contributed by atoms with Gasteiger partial charge in [-0.2, -0.15) is 0 Å². The van der Waals surface area contributed by atoms with Gasteiger partial charge in [-0.15, -0.1) is 0 Å². The molecule has 1 saturated carbocycles. The monoisotopic (exact) mass is 259 g/mol. The zero-order chi connectivity index (χ0) is 13.1. The quantitative estimate of drug-likeness (QED) is 0.789. The molecule has 0 radical (unpaired) electrons. The molecule has 0 bridgehead atoms. The Labute approximate surface area is 113 Å². The number of aromatic amines is 1. The van der Waals surface area contributed by atoms with E-state index in [1.807, 2.05) is 18.5 Å². The lowest BCUT2D eigenvalue weighted by Crippen LogP contribution is -2.27. The molecule has 3 N–H and O–H groups in total. The first-order valence-electron chi connectivity index (χ1n) is 7.12. The summed E-state index contributed by atoms with van der Waals surface area (Å²) in [5, 5.41) is 14.2. The van der Waals surface area contributed by atoms with Crippen LogP contribution in [0.4, 0.5) is 0 Å². The van der Waals surface area contributed by atoms with Gasteiger partial charge in [0.25, 0.3) is 0 Å². The normalized spacial score (nSPS) is 23.8. The van der Waals surface area contributed by atoms with Crippen molar-refractivity contribution >= 4 is 11.0 Å². The molecule has 4 nitrogen and oxygen atoms in total. The van der Waals surface area contributed by atoms with Gasteiger partial charge in [-0.05, 0) is 55.8 Å². The van der Waals surface area contributed by atoms with Gasteiger partial charge >= 0.3 is 0 Å². The van der Waals surface area contributed by atoms with E-state index in [2.05, 4.69) is 21.4 Å². The van der Waals surface area contributed by atoms with Gasteiger partial charge in [0, 0.05) is 24.3 Å². The summed E-state index contributed by atoms with van der Waals surface area (Å²) in [6, 6.07) is 4.08. The van der Waals surface area contributed by atoms with Crippen LogP contribution in [-0.2, 0) is 6.54 Å². The van der Waals surface area contributed by atoms with Crippen molar-refractivity contribution < 1.29 is 5.11 Å². The summed E-state index contributed by atoms with van der Waals surface area (Å²) in [5.41, 5.74) is 2.24. The predicted molar refractivity (Wildman–Crippen MR) is 75.8 cm³/mol. The van der Waals surface area contributed by atoms with Gasteiger partial charge in [0.1, 0.15) is 5.65 Å². The first-order valence-corrected chi connectivity index (χ1v) is 7.12. The standard InChI is InChI=1S/C15H21N3O/c19-13-5-3-11(4-6-13)8-16-9-12-10-18-15-14(12)2-1-7-17-15/h1-2,7,10-11,13,16,19H,3-6,8-9H2,(H,17,18). The summed E-state index contributed by atoms with van der Waals surface area (Å²) in [5.74, 6) is 0.715. The van der Waals surface area contributed by atoms with Crippen molar-refractivity contribution in [3.8, 4) is 0 Å². The largest absolute Gasteiger partial charge is 0.393 e. The molecule has 19 heavy (non-hydrogen) atoms. The van der Waals surface area contributed by atoms with Crippen molar-refractivity contribution in [1.82, 2.24) is 15.3 Å². The third-order valence-electron chi connectivity index (χ3n) is 4.10. The van der Waals surface area contributed by atoms with Gasteiger partial charge in [-0.3, -0.25) is 0 Å². The van der Waals surface area contributed by atoms with Crippen LogP contribution in [0, 0.1) is 5.92 Å². The molecule has 0 spiro atoms. The molecule has 3 rings (SSSR count). The highest BCUT2D eigenvalue weighted by Gasteiger charge is 2.18. The highest BCUT2D eigenvalue weighted by atomic mass is 16.3. The zero-order valence-electron chi connectivity index (χ0n) is 11.1. The van der Waals surface area contributed by atoms with Gasteiger partial charge in [0.15, 0.2) is 0 Å². The van der Waals surface area contributed by atoms with Crippen LogP contribution in [0.15, 0.2) is 24.5 Å². The number of aliphatic hydroxyl groups is 1. The number of nitrogens with zero attached hydrogens (tertiary/aromatic N) is 1. The molecule has 0 aromatic carbocycles. The van der Waals surface area contributed by atoms with Crippen molar-refractivity contribution in [3.63, 3.8) is 0 Å². The summed E-state index contributed by atoms with van der Waals surface area (Å²) >= 11 is 0. The molecule has 0 aliphatic heterocycles. The Morgan fingerprint density at radius 2 is 2.16 bits per heavy atom. The molecule has 1 fully saturated rings. The Hall–Kier alpha value is -1.39. The van der Waals surface area contributed by atoms with E-state index in [1.165, 1.54) is 10.9 Å². The maximum atomic E-state index is 9.49. The molecule has 2 aromatic rings. The van der Waals surface area contributed by atoms with Crippen LogP contribution in [0.3, 0.4) is 0 Å². The highest BCUT2D eigenvalue weighted by Crippen LogP contribution is 2.23. The molecule has 1 aliphatic carbocycles. The molecule has 102 valence electrons. The van der Waals surface area contributed by atoms with E-state index in [9.17, 15) is 5.11 Å². The van der Waals surface area contributed by atoms with E-state index in [0.717, 1.165) is 44.4 Å². The minimum absolute atomic E-state index is 0.0593. The molecule has 0 unspecified atom stereocenters. The number of pyridine rings is 1. The van der Waals surface area contributed by atoms with E-state index in [1.54, 1.807) is 0 Å². The molecule has 0 saturated heterocycles. The van der Waals surface area contributed by atoms with E-state index in [0.29, 0.717) is 5.92 Å². The summed E-state index contributed by atoms with van der Waals surface area (Å²) in [6.45, 7) is 1.92. The number of rotatable bonds is 4. The fourth-order valence-electron chi connectivity index (χ4n) is 2.92. The zero-order valence-corrected chi connectivity index (χ0v) is 11.1. The number of fused-ring (bicyclic) bond motifs is 1. The molecule has 2 aromatic heterocycles. The number of hydrogen-bond acceptors (Lipinski definition) is 3. The number of H-pyrrole nitrogens is 1. The third-order valence-corrected chi connectivity index (χ3v) is 4.10. The predicted octanol–water partition coefficient (Wildman–Crippen LogP) is 2.20. The van der Waals surface area contributed by atoms with Crippen LogP contribution in [0.5, 0.6) is 0 Å². The number of hydrogen-bond donors (Lipinski definition) is 3. The second kappa shape index (κ2) is 5.72. The number of aromatic nitrogens is 2. The highest BCUT2D eigenvalue weighted by molar-refractivity contribution is 5.79. The summed E-state index contributed by atoms with van der Waals surface area (Å²) in [7, 11) is 0. The summed E-state index contributed by atoms with van der Waals surface area (Å²) in [6.07, 6.45) is 7.99. The molecule has 2 heterocycles. The van der Waals surface area contributed by atoms with Crippen LogP contribution >= 0.6 is 0 Å². The second-order valence-corrected chi connectivity index (χ2v) is 5.52. The van der Waals surface area contributed by atoms with Crippen LogP contribution in [0.25, 0.3) is 11.0 Å². The van der Waals surface area contributed by atoms with Crippen LogP contribution in [-0.4, -0.2) is 27.7 Å². The Balaban J connectivity index is 1.52. The maximum Gasteiger partial charge on any atom is 0.137 e. The maximum absolute atomic E-state index is 9.49. The Bertz CT molecular complexity index is 529. The minimum Gasteiger partial charge on any atom is -0.393 e. The lowest BCUT2D eigenvalue weighted by atomic mass is 9.87. The Morgan fingerprint density at radius 3 is 3.00 bits per heavy atom. The molecular formula is C15H21N3O. The Kier molecular flexibility index (Phi) is 3.80. The average Bonchev–Trinajstić information content (AvgIpc) is 2.85. The molecular weight excluding hydrogens is 238 g/mol. The summed E-state index contributed by atoms with van der Waals surface area (Å²) in [4.78, 5) is 7.50. The van der Waals surface area contributed by atoms with Crippen LogP contribution in [0.1, 0.15) is 31.2 Å². The fourth-order valence-corrected chi connectivity index (χ4v) is 2.92. The van der Waals surface area contributed by atoms with E-state index < -0.39 is 0 Å². The lowest BCUT2D eigenvalue weighted by Gasteiger charge is -2.25. The van der Waals surface area contributed by atoms with Crippen molar-refractivity contribution in [2.75, 3.05) is 6.54 Å². The average molecular weight is 259 g/mol. The topological polar surface area (TPSA) is 60.9 Å². The van der Waals surface area contributed by atoms with Gasteiger partial charge in [-0.1, -0.05) is 0 Å². The molecule has 0 atom stereocenters. The minimum atomic E-state index is -0.0593. The van der Waals surface area contributed by atoms with E-state index in [-0.39, 0.29) is 6.10 Å². The van der Waals surface area contributed by atoms with Gasteiger partial charge < -0.3 is 15.4 Å². The first kappa shape index (κ1) is 12.6. The van der Waals surface area contributed by atoms with Crippen LogP contribution in [0.2, 0.25) is 0 Å². The van der Waals surface area contributed by atoms with Crippen molar-refractivity contribution in [3.05, 3.63) is 30.1 Å². The van der Waals surface area contributed by atoms with Crippen molar-refractivity contribution in [2.45, 2.75) is 38.3 Å². The second-order valence-electron chi connectivity index (χ2n) is 5.52. The van der Waals surface area contributed by atoms with Gasteiger partial charge in [0.05, 0.1) is 6.10 Å². The molecule has 4 heteroatoms. The van der Waals surface area contributed by atoms with Crippen molar-refractivity contribution in [1.29, 1.82) is 0 Å². The smallest absolute Gasteiger partial charge is 0.137 e. The van der Waals surface area contributed by atoms with Crippen molar-refractivity contribution in [2.24, 2.45) is 5.92 Å². The first-order chi connectivity index (χ1) is 9.33. The van der Waals surface area contributed by atoms with Crippen LogP contribution < -0.4 is 5.32 Å². The summed E-state index contributed by atoms with van der Waals surface area (Å²) < 4.78 is 0. The SMILES string of the molecule is OC1CCC(CNCc2c[nH]c3ncccc23)CC1.